The predicted molar refractivity (Wildman–Crippen MR) is 104 cm³/mol. The molecule has 0 amide bonds. The second-order valence-corrected chi connectivity index (χ2v) is 7.37. The molecule has 1 heterocycles. The Hall–Kier alpha value is -2.33. The van der Waals surface area contributed by atoms with E-state index in [0.29, 0.717) is 5.41 Å². The second kappa shape index (κ2) is 7.50. The molecule has 0 saturated heterocycles. The summed E-state index contributed by atoms with van der Waals surface area (Å²) in [5.74, 6) is 0.756. The zero-order valence-electron chi connectivity index (χ0n) is 15.3. The molecule has 4 rings (SSSR count). The minimum Gasteiger partial charge on any atom is -0.411 e. The fourth-order valence-corrected chi connectivity index (χ4v) is 3.35. The summed E-state index contributed by atoms with van der Waals surface area (Å²) in [5.41, 5.74) is 3.45. The number of ether oxygens (including phenoxy) is 1. The quantitative estimate of drug-likeness (QED) is 0.530. The molecule has 0 bridgehead atoms. The summed E-state index contributed by atoms with van der Waals surface area (Å²) in [4.78, 5) is 4.35. The van der Waals surface area contributed by atoms with Crippen molar-refractivity contribution in [3.8, 4) is 11.8 Å². The molecule has 1 aliphatic rings. The molecule has 3 aromatic rings. The monoisotopic (exact) mass is 350 g/mol. The van der Waals surface area contributed by atoms with E-state index in [1.165, 1.54) is 37.8 Å². The van der Waals surface area contributed by atoms with Gasteiger partial charge in [-0.05, 0) is 73.9 Å². The van der Waals surface area contributed by atoms with Crippen molar-refractivity contribution in [3.63, 3.8) is 0 Å². The number of nitrogens with zero attached hydrogens (tertiary/aromatic N) is 1. The molecule has 1 N–H and O–H groups in total. The van der Waals surface area contributed by atoms with Gasteiger partial charge < -0.3 is 14.5 Å². The van der Waals surface area contributed by atoms with Crippen molar-refractivity contribution in [1.29, 1.82) is 0 Å². The zero-order chi connectivity index (χ0) is 17.8. The third-order valence-electron chi connectivity index (χ3n) is 5.23. The molecule has 1 aliphatic carbocycles. The molecule has 2 aromatic carbocycles. The van der Waals surface area contributed by atoms with Crippen LogP contribution in [0.3, 0.4) is 0 Å². The lowest BCUT2D eigenvalue weighted by atomic mass is 9.96. The van der Waals surface area contributed by atoms with E-state index in [9.17, 15) is 0 Å². The Morgan fingerprint density at radius 1 is 1.12 bits per heavy atom. The van der Waals surface area contributed by atoms with Crippen molar-refractivity contribution in [2.24, 2.45) is 5.41 Å². The molecule has 26 heavy (non-hydrogen) atoms. The van der Waals surface area contributed by atoms with Gasteiger partial charge in [0.25, 0.3) is 0 Å². The summed E-state index contributed by atoms with van der Waals surface area (Å²) in [7, 11) is 0. The van der Waals surface area contributed by atoms with E-state index in [4.69, 9.17) is 9.15 Å². The van der Waals surface area contributed by atoms with E-state index in [0.717, 1.165) is 29.8 Å². The first-order valence-corrected chi connectivity index (χ1v) is 9.59. The molecule has 0 aliphatic heterocycles. The maximum Gasteiger partial charge on any atom is 0.400 e. The van der Waals surface area contributed by atoms with E-state index in [2.05, 4.69) is 29.4 Å². The SMILES string of the molecule is CCCNCC1(CCc2ccc(Oc3nc4ccccc4o3)cc2)CC1. The van der Waals surface area contributed by atoms with Crippen molar-refractivity contribution in [3.05, 3.63) is 54.1 Å². The minimum absolute atomic E-state index is 0.290. The number of rotatable bonds is 9. The van der Waals surface area contributed by atoms with Gasteiger partial charge in [0.05, 0.1) is 0 Å². The van der Waals surface area contributed by atoms with Crippen LogP contribution >= 0.6 is 0 Å². The highest BCUT2D eigenvalue weighted by Gasteiger charge is 2.41. The van der Waals surface area contributed by atoms with Gasteiger partial charge in [0.2, 0.25) is 0 Å². The van der Waals surface area contributed by atoms with Crippen LogP contribution in [0.15, 0.2) is 52.9 Å². The maximum absolute atomic E-state index is 5.75. The van der Waals surface area contributed by atoms with Crippen molar-refractivity contribution in [2.45, 2.75) is 39.0 Å². The second-order valence-electron chi connectivity index (χ2n) is 7.37. The molecule has 136 valence electrons. The number of nitrogens with one attached hydrogen (secondary N) is 1. The largest absolute Gasteiger partial charge is 0.411 e. The van der Waals surface area contributed by atoms with E-state index in [1.807, 2.05) is 36.4 Å². The lowest BCUT2D eigenvalue weighted by Crippen LogP contribution is -2.25. The number of hydrogen-bond donors (Lipinski definition) is 1. The summed E-state index contributed by atoms with van der Waals surface area (Å²) in [6.07, 6.45) is 6.60. The topological polar surface area (TPSA) is 47.3 Å². The summed E-state index contributed by atoms with van der Waals surface area (Å²) in [6, 6.07) is 16.0. The fraction of sp³-hybridized carbons (Fsp3) is 0.409. The molecule has 1 saturated carbocycles. The van der Waals surface area contributed by atoms with Crippen LogP contribution in [0, 0.1) is 5.41 Å². The van der Waals surface area contributed by atoms with E-state index >= 15 is 0 Å². The van der Waals surface area contributed by atoms with Crippen LogP contribution in [-0.4, -0.2) is 18.1 Å². The first-order valence-electron chi connectivity index (χ1n) is 9.59. The molecule has 1 fully saturated rings. The summed E-state index contributed by atoms with van der Waals surface area (Å²) in [6.45, 7) is 4.51. The number of oxazole rings is 1. The number of fused-ring (bicyclic) bond motifs is 1. The van der Waals surface area contributed by atoms with Gasteiger partial charge in [0.1, 0.15) is 11.3 Å². The van der Waals surface area contributed by atoms with Crippen LogP contribution in [-0.2, 0) is 6.42 Å². The average Bonchev–Trinajstić information content (AvgIpc) is 3.31. The van der Waals surface area contributed by atoms with E-state index < -0.39 is 0 Å². The van der Waals surface area contributed by atoms with E-state index in [-0.39, 0.29) is 6.08 Å². The highest BCUT2D eigenvalue weighted by Crippen LogP contribution is 2.48. The third kappa shape index (κ3) is 4.07. The van der Waals surface area contributed by atoms with Crippen LogP contribution < -0.4 is 10.1 Å². The number of aryl methyl sites for hydroxylation is 1. The molecule has 4 heteroatoms. The standard InChI is InChI=1S/C22H26N2O2/c1-2-15-23-16-22(13-14-22)12-11-17-7-9-18(10-8-17)25-21-24-19-5-3-4-6-20(19)26-21/h3-10,23H,2,11-16H2,1H3. The van der Waals surface area contributed by atoms with Crippen molar-refractivity contribution in [2.75, 3.05) is 13.1 Å². The van der Waals surface area contributed by atoms with Gasteiger partial charge in [-0.3, -0.25) is 0 Å². The minimum atomic E-state index is 0.290. The Labute approximate surface area is 154 Å². The summed E-state index contributed by atoms with van der Waals surface area (Å²) < 4.78 is 11.4. The Morgan fingerprint density at radius 2 is 1.92 bits per heavy atom. The first-order chi connectivity index (χ1) is 12.8. The Morgan fingerprint density at radius 3 is 2.65 bits per heavy atom. The van der Waals surface area contributed by atoms with Gasteiger partial charge in [-0.1, -0.05) is 31.2 Å². The van der Waals surface area contributed by atoms with Crippen LogP contribution in [0.4, 0.5) is 0 Å². The normalized spacial score (nSPS) is 15.3. The van der Waals surface area contributed by atoms with Gasteiger partial charge in [0.15, 0.2) is 5.58 Å². The maximum atomic E-state index is 5.75. The molecule has 1 aromatic heterocycles. The third-order valence-corrected chi connectivity index (χ3v) is 5.23. The highest BCUT2D eigenvalue weighted by molar-refractivity contribution is 5.72. The summed E-state index contributed by atoms with van der Waals surface area (Å²) in [5, 5.41) is 3.58. The molecular formula is C22H26N2O2. The lowest BCUT2D eigenvalue weighted by Gasteiger charge is -2.15. The highest BCUT2D eigenvalue weighted by atomic mass is 16.6. The number of hydrogen-bond acceptors (Lipinski definition) is 4. The van der Waals surface area contributed by atoms with Gasteiger partial charge in [-0.15, -0.1) is 0 Å². The zero-order valence-corrected chi connectivity index (χ0v) is 15.3. The van der Waals surface area contributed by atoms with Crippen molar-refractivity contribution < 1.29 is 9.15 Å². The fourth-order valence-electron chi connectivity index (χ4n) is 3.35. The lowest BCUT2D eigenvalue weighted by molar-refractivity contribution is 0.343. The summed E-state index contributed by atoms with van der Waals surface area (Å²) >= 11 is 0. The molecular weight excluding hydrogens is 324 g/mol. The van der Waals surface area contributed by atoms with Crippen molar-refractivity contribution in [1.82, 2.24) is 10.3 Å². The molecule has 0 spiro atoms. The van der Waals surface area contributed by atoms with Crippen LogP contribution in [0.25, 0.3) is 11.1 Å². The van der Waals surface area contributed by atoms with Gasteiger partial charge in [-0.2, -0.15) is 4.98 Å². The predicted octanol–water partition coefficient (Wildman–Crippen LogP) is 5.33. The van der Waals surface area contributed by atoms with Crippen LogP contribution in [0.2, 0.25) is 0 Å². The first kappa shape index (κ1) is 17.1. The molecule has 0 unspecified atom stereocenters. The van der Waals surface area contributed by atoms with Crippen LogP contribution in [0.5, 0.6) is 11.8 Å². The van der Waals surface area contributed by atoms with Crippen molar-refractivity contribution >= 4 is 11.1 Å². The van der Waals surface area contributed by atoms with Gasteiger partial charge >= 0.3 is 6.08 Å². The van der Waals surface area contributed by atoms with Crippen LogP contribution in [0.1, 0.15) is 38.2 Å². The van der Waals surface area contributed by atoms with Gasteiger partial charge in [0, 0.05) is 6.54 Å². The Balaban J connectivity index is 1.32. The smallest absolute Gasteiger partial charge is 0.400 e. The molecule has 0 radical (unpaired) electrons. The number of benzene rings is 2. The average molecular weight is 350 g/mol. The van der Waals surface area contributed by atoms with E-state index in [1.54, 1.807) is 0 Å². The number of para-hydroxylation sites is 2. The van der Waals surface area contributed by atoms with Gasteiger partial charge in [-0.25, -0.2) is 0 Å². The number of aromatic nitrogens is 1. The molecule has 0 atom stereocenters. The Kier molecular flexibility index (Phi) is 4.93. The molecule has 4 nitrogen and oxygen atoms in total. The Bertz CT molecular complexity index is 817.